The van der Waals surface area contributed by atoms with E-state index in [0.29, 0.717) is 35.9 Å². The van der Waals surface area contributed by atoms with Gasteiger partial charge in [0.15, 0.2) is 11.5 Å². The number of likely N-dealkylation sites (tertiary alicyclic amines) is 1. The third kappa shape index (κ3) is 3.37. The van der Waals surface area contributed by atoms with Gasteiger partial charge in [-0.2, -0.15) is 0 Å². The normalized spacial score (nSPS) is 13.7. The van der Waals surface area contributed by atoms with Crippen LogP contribution in [0.2, 0.25) is 0 Å². The van der Waals surface area contributed by atoms with E-state index >= 15 is 0 Å². The minimum Gasteiger partial charge on any atom is -0.493 e. The van der Waals surface area contributed by atoms with Gasteiger partial charge in [0, 0.05) is 18.7 Å². The largest absolute Gasteiger partial charge is 0.493 e. The zero-order chi connectivity index (χ0) is 20.4. The van der Waals surface area contributed by atoms with Crippen molar-refractivity contribution in [2.24, 2.45) is 0 Å². The molecule has 1 fully saturated rings. The van der Waals surface area contributed by atoms with Crippen molar-refractivity contribution in [3.05, 3.63) is 54.2 Å². The highest BCUT2D eigenvalue weighted by molar-refractivity contribution is 5.98. The Bertz CT molecular complexity index is 1010. The maximum absolute atomic E-state index is 13.0. The Morgan fingerprint density at radius 3 is 2.34 bits per heavy atom. The molecule has 1 aliphatic rings. The van der Waals surface area contributed by atoms with Crippen LogP contribution in [0, 0.1) is 0 Å². The molecule has 1 aromatic heterocycles. The van der Waals surface area contributed by atoms with Crippen LogP contribution in [0.25, 0.3) is 11.3 Å². The van der Waals surface area contributed by atoms with Crippen LogP contribution in [0.4, 0.5) is 0 Å². The molecule has 8 heteroatoms. The number of ether oxygens (including phenoxy) is 3. The molecule has 2 heterocycles. The number of carbonyl (C=O) groups is 1. The molecule has 0 unspecified atom stereocenters. The molecule has 0 spiro atoms. The first-order chi connectivity index (χ1) is 14.2. The summed E-state index contributed by atoms with van der Waals surface area (Å²) in [5.41, 5.74) is 2.27. The SMILES string of the molecule is COc1ccc(C(=O)N2CC(n3cc(-c4ccccc4)nn3)C2)c(OC)c1OC. The second kappa shape index (κ2) is 7.83. The summed E-state index contributed by atoms with van der Waals surface area (Å²) in [6, 6.07) is 13.4. The van der Waals surface area contributed by atoms with Gasteiger partial charge >= 0.3 is 0 Å². The van der Waals surface area contributed by atoms with Crippen molar-refractivity contribution < 1.29 is 19.0 Å². The Hall–Kier alpha value is -3.55. The zero-order valence-electron chi connectivity index (χ0n) is 16.5. The average molecular weight is 394 g/mol. The van der Waals surface area contributed by atoms with Crippen LogP contribution in [0.1, 0.15) is 16.4 Å². The third-order valence-electron chi connectivity index (χ3n) is 5.04. The summed E-state index contributed by atoms with van der Waals surface area (Å²) in [4.78, 5) is 14.7. The van der Waals surface area contributed by atoms with Crippen molar-refractivity contribution in [1.82, 2.24) is 19.9 Å². The summed E-state index contributed by atoms with van der Waals surface area (Å²) in [5.74, 6) is 1.16. The molecule has 150 valence electrons. The first-order valence-electron chi connectivity index (χ1n) is 9.21. The molecule has 0 atom stereocenters. The lowest BCUT2D eigenvalue weighted by molar-refractivity contribution is 0.0494. The van der Waals surface area contributed by atoms with E-state index in [0.717, 1.165) is 11.3 Å². The van der Waals surface area contributed by atoms with Gasteiger partial charge in [0.1, 0.15) is 5.69 Å². The number of carbonyl (C=O) groups excluding carboxylic acids is 1. The van der Waals surface area contributed by atoms with E-state index in [4.69, 9.17) is 14.2 Å². The molecule has 2 aromatic carbocycles. The predicted octanol–water partition coefficient (Wildman–Crippen LogP) is 2.67. The number of aromatic nitrogens is 3. The molecule has 8 nitrogen and oxygen atoms in total. The fourth-order valence-electron chi connectivity index (χ4n) is 3.42. The van der Waals surface area contributed by atoms with Gasteiger partial charge in [-0.15, -0.1) is 5.10 Å². The van der Waals surface area contributed by atoms with Crippen LogP contribution < -0.4 is 14.2 Å². The van der Waals surface area contributed by atoms with E-state index in [9.17, 15) is 4.79 Å². The van der Waals surface area contributed by atoms with Gasteiger partial charge in [-0.1, -0.05) is 35.5 Å². The van der Waals surface area contributed by atoms with Crippen LogP contribution >= 0.6 is 0 Å². The number of hydrogen-bond acceptors (Lipinski definition) is 6. The fourth-order valence-corrected chi connectivity index (χ4v) is 3.42. The van der Waals surface area contributed by atoms with E-state index < -0.39 is 0 Å². The number of rotatable bonds is 6. The van der Waals surface area contributed by atoms with Crippen LogP contribution in [0.3, 0.4) is 0 Å². The van der Waals surface area contributed by atoms with Crippen molar-refractivity contribution in [3.63, 3.8) is 0 Å². The number of nitrogens with zero attached hydrogens (tertiary/aromatic N) is 4. The van der Waals surface area contributed by atoms with Gasteiger partial charge in [0.2, 0.25) is 5.75 Å². The van der Waals surface area contributed by atoms with Crippen molar-refractivity contribution >= 4 is 5.91 Å². The average Bonchev–Trinajstić information content (AvgIpc) is 3.21. The fraction of sp³-hybridized carbons (Fsp3) is 0.286. The molecule has 3 aromatic rings. The monoisotopic (exact) mass is 394 g/mol. The molecule has 1 aliphatic heterocycles. The highest BCUT2D eigenvalue weighted by Crippen LogP contribution is 2.40. The Labute approximate surface area is 168 Å². The zero-order valence-corrected chi connectivity index (χ0v) is 16.5. The van der Waals surface area contributed by atoms with Gasteiger partial charge in [-0.3, -0.25) is 4.79 Å². The molecule has 0 bridgehead atoms. The van der Waals surface area contributed by atoms with Crippen LogP contribution in [0.15, 0.2) is 48.7 Å². The molecule has 1 amide bonds. The molecule has 0 saturated carbocycles. The molecule has 29 heavy (non-hydrogen) atoms. The Morgan fingerprint density at radius 2 is 1.69 bits per heavy atom. The highest BCUT2D eigenvalue weighted by atomic mass is 16.5. The van der Waals surface area contributed by atoms with E-state index in [1.165, 1.54) is 14.2 Å². The number of hydrogen-bond donors (Lipinski definition) is 0. The topological polar surface area (TPSA) is 78.7 Å². The first kappa shape index (κ1) is 18.8. The second-order valence-electron chi connectivity index (χ2n) is 6.70. The van der Waals surface area contributed by atoms with E-state index in [1.807, 2.05) is 41.2 Å². The Balaban J connectivity index is 1.48. The van der Waals surface area contributed by atoms with Crippen molar-refractivity contribution in [1.29, 1.82) is 0 Å². The first-order valence-corrected chi connectivity index (χ1v) is 9.21. The smallest absolute Gasteiger partial charge is 0.257 e. The molecule has 0 aliphatic carbocycles. The summed E-state index contributed by atoms with van der Waals surface area (Å²) in [7, 11) is 4.57. The lowest BCUT2D eigenvalue weighted by Gasteiger charge is -2.39. The number of methoxy groups -OCH3 is 3. The quantitative estimate of drug-likeness (QED) is 0.640. The molecule has 0 radical (unpaired) electrons. The summed E-state index contributed by atoms with van der Waals surface area (Å²) in [5, 5.41) is 8.48. The molecular weight excluding hydrogens is 372 g/mol. The van der Waals surface area contributed by atoms with Crippen molar-refractivity contribution in [2.45, 2.75) is 6.04 Å². The lowest BCUT2D eigenvalue weighted by Crippen LogP contribution is -2.51. The molecule has 4 rings (SSSR count). The van der Waals surface area contributed by atoms with Crippen LogP contribution in [-0.2, 0) is 0 Å². The van der Waals surface area contributed by atoms with Crippen LogP contribution in [-0.4, -0.2) is 60.2 Å². The summed E-state index contributed by atoms with van der Waals surface area (Å²) in [6.07, 6.45) is 1.92. The summed E-state index contributed by atoms with van der Waals surface area (Å²) >= 11 is 0. The highest BCUT2D eigenvalue weighted by Gasteiger charge is 2.35. The van der Waals surface area contributed by atoms with Crippen molar-refractivity contribution in [3.8, 4) is 28.5 Å². The van der Waals surface area contributed by atoms with Gasteiger partial charge in [-0.05, 0) is 12.1 Å². The van der Waals surface area contributed by atoms with Gasteiger partial charge in [-0.25, -0.2) is 4.68 Å². The van der Waals surface area contributed by atoms with Gasteiger partial charge < -0.3 is 19.1 Å². The predicted molar refractivity (Wildman–Crippen MR) is 106 cm³/mol. The third-order valence-corrected chi connectivity index (χ3v) is 5.04. The van der Waals surface area contributed by atoms with Gasteiger partial charge in [0.05, 0.1) is 39.1 Å². The van der Waals surface area contributed by atoms with Gasteiger partial charge in [0.25, 0.3) is 5.91 Å². The molecular formula is C21H22N4O4. The Morgan fingerprint density at radius 1 is 0.966 bits per heavy atom. The summed E-state index contributed by atoms with van der Waals surface area (Å²) in [6.45, 7) is 1.10. The maximum Gasteiger partial charge on any atom is 0.257 e. The number of amides is 1. The van der Waals surface area contributed by atoms with E-state index in [-0.39, 0.29) is 11.9 Å². The molecule has 0 N–H and O–H groups in total. The minimum absolute atomic E-state index is 0.0926. The second-order valence-corrected chi connectivity index (χ2v) is 6.70. The maximum atomic E-state index is 13.0. The van der Waals surface area contributed by atoms with Crippen LogP contribution in [0.5, 0.6) is 17.2 Å². The van der Waals surface area contributed by atoms with Crippen molar-refractivity contribution in [2.75, 3.05) is 34.4 Å². The standard InChI is InChI=1S/C21H22N4O4/c1-27-18-10-9-16(19(28-2)20(18)29-3)21(26)24-11-15(12-24)25-13-17(22-23-25)14-7-5-4-6-8-14/h4-10,13,15H,11-12H2,1-3H3. The Kier molecular flexibility index (Phi) is 5.07. The van der Waals surface area contributed by atoms with E-state index in [2.05, 4.69) is 10.3 Å². The molecule has 1 saturated heterocycles. The number of benzene rings is 2. The minimum atomic E-state index is -0.123. The summed E-state index contributed by atoms with van der Waals surface area (Å²) < 4.78 is 17.9. The van der Waals surface area contributed by atoms with E-state index in [1.54, 1.807) is 24.1 Å². The lowest BCUT2D eigenvalue weighted by atomic mass is 10.1.